The van der Waals surface area contributed by atoms with Crippen LogP contribution < -0.4 is 0 Å². The summed E-state index contributed by atoms with van der Waals surface area (Å²) < 4.78 is 27.2. The second kappa shape index (κ2) is 2.81. The summed E-state index contributed by atoms with van der Waals surface area (Å²) in [6, 6.07) is 0. The van der Waals surface area contributed by atoms with E-state index in [4.69, 9.17) is 0 Å². The summed E-state index contributed by atoms with van der Waals surface area (Å²) in [6.45, 7) is 1.15. The summed E-state index contributed by atoms with van der Waals surface area (Å²) in [5, 5.41) is 0. The topological polar surface area (TPSA) is 0 Å². The fraction of sp³-hybridized carbons (Fsp3) is 1.00. The molecule has 0 radical (unpaired) electrons. The van der Waals surface area contributed by atoms with Gasteiger partial charge in [0.2, 0.25) is 5.92 Å². The summed E-state index contributed by atoms with van der Waals surface area (Å²) >= 11 is 0. The predicted molar refractivity (Wildman–Crippen MR) is 58.1 cm³/mol. The molecule has 0 aromatic heterocycles. The third-order valence-electron chi connectivity index (χ3n) is 6.39. The Morgan fingerprint density at radius 2 is 1.56 bits per heavy atom. The number of alkyl halides is 2. The lowest BCUT2D eigenvalue weighted by atomic mass is 9.66. The Bertz CT molecular complexity index is 319. The first-order chi connectivity index (χ1) is 7.55. The van der Waals surface area contributed by atoms with Crippen molar-refractivity contribution in [3.63, 3.8) is 0 Å². The highest BCUT2D eigenvalue weighted by atomic mass is 19.3. The van der Waals surface area contributed by atoms with Gasteiger partial charge in [0, 0.05) is 5.92 Å². The number of rotatable bonds is 1. The molecule has 4 aliphatic carbocycles. The Kier molecular flexibility index (Phi) is 1.73. The summed E-state index contributed by atoms with van der Waals surface area (Å²) in [4.78, 5) is 0. The van der Waals surface area contributed by atoms with E-state index in [-0.39, 0.29) is 5.92 Å². The fourth-order valence-corrected chi connectivity index (χ4v) is 6.15. The third kappa shape index (κ3) is 1.04. The van der Waals surface area contributed by atoms with E-state index >= 15 is 0 Å². The Balaban J connectivity index is 1.66. The maximum absolute atomic E-state index is 13.6. The summed E-state index contributed by atoms with van der Waals surface area (Å²) in [5.74, 6) is 1.67. The van der Waals surface area contributed by atoms with Gasteiger partial charge in [-0.15, -0.1) is 0 Å². The molecule has 0 amide bonds. The molecule has 16 heavy (non-hydrogen) atoms. The highest BCUT2D eigenvalue weighted by Crippen LogP contribution is 2.70. The number of hydrogen-bond donors (Lipinski definition) is 0. The predicted octanol–water partition coefficient (Wildman–Crippen LogP) is 3.96. The van der Waals surface area contributed by atoms with Crippen molar-refractivity contribution >= 4 is 0 Å². The second-order valence-corrected chi connectivity index (χ2v) is 6.95. The van der Waals surface area contributed by atoms with Gasteiger partial charge in [0.15, 0.2) is 0 Å². The van der Waals surface area contributed by atoms with Crippen molar-refractivity contribution in [3.05, 3.63) is 0 Å². The first-order valence-corrected chi connectivity index (χ1v) is 6.93. The van der Waals surface area contributed by atoms with Crippen LogP contribution in [-0.4, -0.2) is 5.92 Å². The first kappa shape index (κ1) is 9.85. The van der Waals surface area contributed by atoms with Crippen LogP contribution in [0.2, 0.25) is 0 Å². The fourth-order valence-electron chi connectivity index (χ4n) is 6.15. The van der Waals surface area contributed by atoms with Crippen LogP contribution in [0.1, 0.15) is 39.0 Å². The van der Waals surface area contributed by atoms with Crippen LogP contribution in [0, 0.1) is 41.4 Å². The average Bonchev–Trinajstić information content (AvgIpc) is 2.94. The molecule has 4 bridgehead atoms. The van der Waals surface area contributed by atoms with Crippen LogP contribution in [-0.2, 0) is 0 Å². The maximum Gasteiger partial charge on any atom is 0.248 e. The molecule has 90 valence electrons. The zero-order valence-electron chi connectivity index (χ0n) is 9.83. The van der Waals surface area contributed by atoms with Crippen LogP contribution >= 0.6 is 0 Å². The number of fused-ring (bicyclic) bond motifs is 9. The lowest BCUT2D eigenvalue weighted by Crippen LogP contribution is -2.39. The molecule has 4 rings (SSSR count). The van der Waals surface area contributed by atoms with Gasteiger partial charge < -0.3 is 0 Å². The zero-order chi connectivity index (χ0) is 11.1. The number of halogens is 2. The van der Waals surface area contributed by atoms with Crippen LogP contribution in [0.15, 0.2) is 0 Å². The van der Waals surface area contributed by atoms with Gasteiger partial charge in [-0.3, -0.25) is 0 Å². The molecule has 0 aromatic rings. The Morgan fingerprint density at radius 3 is 2.25 bits per heavy atom. The molecule has 7 unspecified atom stereocenters. The Hall–Kier alpha value is -0.140. The van der Waals surface area contributed by atoms with Crippen molar-refractivity contribution in [2.24, 2.45) is 41.4 Å². The van der Waals surface area contributed by atoms with E-state index in [0.717, 1.165) is 37.5 Å². The molecule has 4 aliphatic rings. The SMILES string of the molecule is CC(F)(F)C1CC2CC1C1C3CCC(C3)C21. The van der Waals surface area contributed by atoms with Gasteiger partial charge in [-0.05, 0) is 74.5 Å². The third-order valence-corrected chi connectivity index (χ3v) is 6.39. The molecule has 0 aliphatic heterocycles. The quantitative estimate of drug-likeness (QED) is 0.594. The summed E-state index contributed by atoms with van der Waals surface area (Å²) in [5.41, 5.74) is 0. The van der Waals surface area contributed by atoms with Gasteiger partial charge in [0.05, 0.1) is 0 Å². The minimum Gasteiger partial charge on any atom is -0.207 e. The van der Waals surface area contributed by atoms with Gasteiger partial charge >= 0.3 is 0 Å². The minimum absolute atomic E-state index is 0.280. The molecule has 4 saturated carbocycles. The van der Waals surface area contributed by atoms with E-state index in [9.17, 15) is 8.78 Å². The van der Waals surface area contributed by atoms with Crippen molar-refractivity contribution < 1.29 is 8.78 Å². The van der Waals surface area contributed by atoms with E-state index < -0.39 is 5.92 Å². The van der Waals surface area contributed by atoms with Crippen LogP contribution in [0.3, 0.4) is 0 Å². The molecule has 0 saturated heterocycles. The molecule has 0 aromatic carbocycles. The molecule has 7 atom stereocenters. The Morgan fingerprint density at radius 1 is 0.875 bits per heavy atom. The van der Waals surface area contributed by atoms with Crippen molar-refractivity contribution in [3.8, 4) is 0 Å². The van der Waals surface area contributed by atoms with Crippen LogP contribution in [0.4, 0.5) is 8.78 Å². The van der Waals surface area contributed by atoms with E-state index in [2.05, 4.69) is 0 Å². The molecule has 4 fully saturated rings. The molecule has 2 heteroatoms. The van der Waals surface area contributed by atoms with Gasteiger partial charge in [0.1, 0.15) is 0 Å². The molecular weight excluding hydrogens is 206 g/mol. The number of hydrogen-bond acceptors (Lipinski definition) is 0. The highest BCUT2D eigenvalue weighted by molar-refractivity contribution is 5.12. The minimum atomic E-state index is -2.42. The van der Waals surface area contributed by atoms with Crippen molar-refractivity contribution in [1.29, 1.82) is 0 Å². The standard InChI is InChI=1S/C14H20F2/c1-14(15,16)11-6-9-5-10(11)13-8-3-2-7(4-8)12(9)13/h7-13H,2-6H2,1H3. The lowest BCUT2D eigenvalue weighted by molar-refractivity contribution is -0.0834. The van der Waals surface area contributed by atoms with Gasteiger partial charge in [-0.25, -0.2) is 8.78 Å². The first-order valence-electron chi connectivity index (χ1n) is 6.93. The van der Waals surface area contributed by atoms with Crippen LogP contribution in [0.5, 0.6) is 0 Å². The van der Waals surface area contributed by atoms with E-state index in [0.29, 0.717) is 17.8 Å². The summed E-state index contributed by atoms with van der Waals surface area (Å²) in [7, 11) is 0. The van der Waals surface area contributed by atoms with Crippen molar-refractivity contribution in [2.45, 2.75) is 45.0 Å². The monoisotopic (exact) mass is 226 g/mol. The largest absolute Gasteiger partial charge is 0.248 e. The van der Waals surface area contributed by atoms with E-state index in [1.807, 2.05) is 0 Å². The Labute approximate surface area is 95.8 Å². The smallest absolute Gasteiger partial charge is 0.207 e. The molecule has 0 nitrogen and oxygen atoms in total. The summed E-state index contributed by atoms with van der Waals surface area (Å²) in [6.07, 6.45) is 6.10. The van der Waals surface area contributed by atoms with Gasteiger partial charge in [0.25, 0.3) is 0 Å². The van der Waals surface area contributed by atoms with Crippen molar-refractivity contribution in [1.82, 2.24) is 0 Å². The molecule has 0 spiro atoms. The van der Waals surface area contributed by atoms with E-state index in [1.54, 1.807) is 0 Å². The van der Waals surface area contributed by atoms with Crippen LogP contribution in [0.25, 0.3) is 0 Å². The van der Waals surface area contributed by atoms with Gasteiger partial charge in [-0.2, -0.15) is 0 Å². The van der Waals surface area contributed by atoms with Crippen molar-refractivity contribution in [2.75, 3.05) is 0 Å². The molecule has 0 N–H and O–H groups in total. The van der Waals surface area contributed by atoms with E-state index in [1.165, 1.54) is 19.3 Å². The van der Waals surface area contributed by atoms with Gasteiger partial charge in [-0.1, -0.05) is 0 Å². The lowest BCUT2D eigenvalue weighted by Gasteiger charge is -2.40. The average molecular weight is 226 g/mol. The zero-order valence-corrected chi connectivity index (χ0v) is 9.83. The normalized spacial score (nSPS) is 58.3. The second-order valence-electron chi connectivity index (χ2n) is 6.95. The molecule has 0 heterocycles. The maximum atomic E-state index is 13.6. The highest BCUT2D eigenvalue weighted by Gasteiger charge is 2.65. The molecular formula is C14H20F2.